The lowest BCUT2D eigenvalue weighted by Gasteiger charge is -2.16. The predicted octanol–water partition coefficient (Wildman–Crippen LogP) is 2.41. The van der Waals surface area contributed by atoms with Gasteiger partial charge in [-0.3, -0.25) is 14.6 Å². The molecule has 0 aliphatic heterocycles. The fourth-order valence-electron chi connectivity index (χ4n) is 2.80. The number of nitrogens with one attached hydrogen (secondary N) is 2. The molecule has 0 fully saturated rings. The number of aromatic amines is 2. The summed E-state index contributed by atoms with van der Waals surface area (Å²) >= 11 is 12.6. The maximum absolute atomic E-state index is 12.1. The van der Waals surface area contributed by atoms with Gasteiger partial charge in [-0.1, -0.05) is 37.0 Å². The van der Waals surface area contributed by atoms with Gasteiger partial charge in [-0.2, -0.15) is 9.94 Å². The minimum absolute atomic E-state index is 0.0104. The van der Waals surface area contributed by atoms with Crippen molar-refractivity contribution in [2.75, 3.05) is 0 Å². The Kier molecular flexibility index (Phi) is 5.78. The van der Waals surface area contributed by atoms with Gasteiger partial charge in [0.05, 0.1) is 15.7 Å². The van der Waals surface area contributed by atoms with Crippen molar-refractivity contribution >= 4 is 23.2 Å². The number of halogens is 2. The Morgan fingerprint density at radius 1 is 1.17 bits per heavy atom. The third-order valence-corrected chi connectivity index (χ3v) is 4.73. The molecule has 3 aromatic rings. The summed E-state index contributed by atoms with van der Waals surface area (Å²) in [4.78, 5) is 37.5. The third kappa shape index (κ3) is 3.85. The van der Waals surface area contributed by atoms with Crippen LogP contribution in [0.4, 0.5) is 0 Å². The quantitative estimate of drug-likeness (QED) is 0.622. The van der Waals surface area contributed by atoms with Crippen LogP contribution in [0.2, 0.25) is 10.0 Å². The van der Waals surface area contributed by atoms with E-state index in [9.17, 15) is 14.4 Å². The molecule has 12 heteroatoms. The van der Waals surface area contributed by atoms with Gasteiger partial charge in [0.25, 0.3) is 11.1 Å². The smallest absolute Gasteiger partial charge is 0.349 e. The van der Waals surface area contributed by atoms with E-state index in [2.05, 4.69) is 15.3 Å². The Labute approximate surface area is 178 Å². The molecule has 0 radical (unpaired) electrons. The first-order valence-electron chi connectivity index (χ1n) is 8.54. The van der Waals surface area contributed by atoms with Crippen LogP contribution in [-0.2, 0) is 0 Å². The maximum atomic E-state index is 12.1. The molecule has 0 aliphatic rings. The molecule has 10 nitrogen and oxygen atoms in total. The third-order valence-electron chi connectivity index (χ3n) is 4.17. The Bertz CT molecular complexity index is 1340. The second-order valence-electron chi connectivity index (χ2n) is 6.52. The fraction of sp³-hybridized carbons (Fsp3) is 0.222. The number of H-pyrrole nitrogens is 2. The molecule has 0 atom stereocenters. The number of benzene rings is 1. The summed E-state index contributed by atoms with van der Waals surface area (Å²) in [6.07, 6.45) is 0. The predicted molar refractivity (Wildman–Crippen MR) is 109 cm³/mol. The van der Waals surface area contributed by atoms with E-state index in [1.54, 1.807) is 13.0 Å². The largest absolute Gasteiger partial charge is 0.434 e. The lowest BCUT2D eigenvalue weighted by Crippen LogP contribution is -2.33. The number of aromatic nitrogens is 5. The van der Waals surface area contributed by atoms with Crippen molar-refractivity contribution < 1.29 is 4.74 Å². The van der Waals surface area contributed by atoms with Gasteiger partial charge in [-0.25, -0.2) is 9.89 Å². The second-order valence-corrected chi connectivity index (χ2v) is 7.34. The summed E-state index contributed by atoms with van der Waals surface area (Å²) in [7, 11) is 0. The molecule has 0 spiro atoms. The van der Waals surface area contributed by atoms with Gasteiger partial charge in [0.1, 0.15) is 6.07 Å². The standard InChI is InChI=1S/C18H14Cl2N6O4/c1-7(2)13-8(3)15(27)23-24-17(13)30-14-10(19)4-9(5-11(14)20)26-18(29)22-16(28)12(6-21)25-26/h4-5,7H,1-3H3,(H,23,27)(H,22,28,29). The van der Waals surface area contributed by atoms with Gasteiger partial charge in [-0.05, 0) is 25.0 Å². The van der Waals surface area contributed by atoms with Gasteiger partial charge < -0.3 is 4.74 Å². The van der Waals surface area contributed by atoms with Gasteiger partial charge in [0, 0.05) is 11.1 Å². The van der Waals surface area contributed by atoms with E-state index in [-0.39, 0.29) is 38.8 Å². The highest BCUT2D eigenvalue weighted by Crippen LogP contribution is 2.39. The maximum Gasteiger partial charge on any atom is 0.349 e. The highest BCUT2D eigenvalue weighted by molar-refractivity contribution is 6.37. The van der Waals surface area contributed by atoms with Crippen molar-refractivity contribution in [3.05, 3.63) is 70.2 Å². The van der Waals surface area contributed by atoms with Crippen LogP contribution >= 0.6 is 23.2 Å². The zero-order valence-corrected chi connectivity index (χ0v) is 17.4. The Morgan fingerprint density at radius 2 is 1.80 bits per heavy atom. The van der Waals surface area contributed by atoms with Crippen LogP contribution in [0.3, 0.4) is 0 Å². The molecular weight excluding hydrogens is 435 g/mol. The first kappa shape index (κ1) is 21.3. The van der Waals surface area contributed by atoms with E-state index in [0.29, 0.717) is 11.1 Å². The van der Waals surface area contributed by atoms with E-state index in [1.807, 2.05) is 18.8 Å². The molecule has 0 bridgehead atoms. The first-order chi connectivity index (χ1) is 14.1. The average molecular weight is 449 g/mol. The van der Waals surface area contributed by atoms with Crippen LogP contribution in [0.25, 0.3) is 5.69 Å². The topological polar surface area (TPSA) is 147 Å². The number of nitriles is 1. The average Bonchev–Trinajstić information content (AvgIpc) is 2.67. The molecule has 3 rings (SSSR count). The molecule has 30 heavy (non-hydrogen) atoms. The monoisotopic (exact) mass is 448 g/mol. The van der Waals surface area contributed by atoms with Crippen LogP contribution in [-0.4, -0.2) is 25.0 Å². The molecule has 1 aromatic carbocycles. The minimum atomic E-state index is -0.906. The van der Waals surface area contributed by atoms with Gasteiger partial charge >= 0.3 is 5.69 Å². The fourth-order valence-corrected chi connectivity index (χ4v) is 3.35. The van der Waals surface area contributed by atoms with Crippen LogP contribution in [0.5, 0.6) is 11.6 Å². The summed E-state index contributed by atoms with van der Waals surface area (Å²) < 4.78 is 6.57. The molecule has 0 unspecified atom stereocenters. The van der Waals surface area contributed by atoms with Gasteiger partial charge in [-0.15, -0.1) is 10.2 Å². The van der Waals surface area contributed by atoms with E-state index in [1.165, 1.54) is 12.1 Å². The number of ether oxygens (including phenoxy) is 1. The van der Waals surface area contributed by atoms with Crippen LogP contribution < -0.4 is 21.5 Å². The number of hydrogen-bond acceptors (Lipinski definition) is 7. The van der Waals surface area contributed by atoms with E-state index < -0.39 is 16.9 Å². The van der Waals surface area contributed by atoms with E-state index >= 15 is 0 Å². The molecular formula is C18H14Cl2N6O4. The van der Waals surface area contributed by atoms with Gasteiger partial charge in [0.2, 0.25) is 11.6 Å². The number of rotatable bonds is 4. The highest BCUT2D eigenvalue weighted by atomic mass is 35.5. The molecule has 0 saturated heterocycles. The van der Waals surface area contributed by atoms with Crippen molar-refractivity contribution in [3.8, 4) is 23.4 Å². The van der Waals surface area contributed by atoms with Gasteiger partial charge in [0.15, 0.2) is 5.75 Å². The lowest BCUT2D eigenvalue weighted by molar-refractivity contribution is 0.443. The Morgan fingerprint density at radius 3 is 2.37 bits per heavy atom. The molecule has 2 aromatic heterocycles. The van der Waals surface area contributed by atoms with Crippen LogP contribution in [0, 0.1) is 18.3 Å². The zero-order chi connectivity index (χ0) is 22.2. The number of nitrogens with zero attached hydrogens (tertiary/aromatic N) is 4. The van der Waals surface area contributed by atoms with Crippen molar-refractivity contribution in [1.82, 2.24) is 25.0 Å². The summed E-state index contributed by atoms with van der Waals surface area (Å²) in [5, 5.41) is 19.0. The van der Waals surface area contributed by atoms with Crippen LogP contribution in [0.1, 0.15) is 36.6 Å². The van der Waals surface area contributed by atoms with Crippen molar-refractivity contribution in [2.24, 2.45) is 0 Å². The van der Waals surface area contributed by atoms with E-state index in [4.69, 9.17) is 33.2 Å². The number of hydrogen-bond donors (Lipinski definition) is 2. The minimum Gasteiger partial charge on any atom is -0.434 e. The molecule has 154 valence electrons. The summed E-state index contributed by atoms with van der Waals surface area (Å²) in [6.45, 7) is 5.41. The SMILES string of the molecule is Cc1c(C(C)C)c(Oc2c(Cl)cc(-n3nc(C#N)c(=O)[nH]c3=O)cc2Cl)n[nH]c1=O. The molecule has 0 amide bonds. The van der Waals surface area contributed by atoms with Crippen LogP contribution in [0.15, 0.2) is 26.5 Å². The lowest BCUT2D eigenvalue weighted by atomic mass is 10.0. The van der Waals surface area contributed by atoms with E-state index in [0.717, 1.165) is 4.68 Å². The molecule has 0 saturated carbocycles. The second kappa shape index (κ2) is 8.14. The summed E-state index contributed by atoms with van der Waals surface area (Å²) in [5.41, 5.74) is -1.48. The molecule has 2 N–H and O–H groups in total. The van der Waals surface area contributed by atoms with Crippen molar-refractivity contribution in [1.29, 1.82) is 5.26 Å². The van der Waals surface area contributed by atoms with Crippen molar-refractivity contribution in [3.63, 3.8) is 0 Å². The zero-order valence-electron chi connectivity index (χ0n) is 15.9. The Balaban J connectivity index is 2.12. The van der Waals surface area contributed by atoms with Crippen molar-refractivity contribution in [2.45, 2.75) is 26.7 Å². The molecule has 0 aliphatic carbocycles. The Hall–Kier alpha value is -3.42. The molecule has 2 heterocycles. The highest BCUT2D eigenvalue weighted by Gasteiger charge is 2.20. The summed E-state index contributed by atoms with van der Waals surface area (Å²) in [5.74, 6) is 0.102. The summed E-state index contributed by atoms with van der Waals surface area (Å²) in [6, 6.07) is 4.24. The first-order valence-corrected chi connectivity index (χ1v) is 9.29. The normalized spacial score (nSPS) is 10.8.